The van der Waals surface area contributed by atoms with Crippen LogP contribution < -0.4 is 15.4 Å². The smallest absolute Gasteiger partial charge is 0.213 e. The summed E-state index contributed by atoms with van der Waals surface area (Å²) in [7, 11) is -1.59. The molecule has 29 heavy (non-hydrogen) atoms. The van der Waals surface area contributed by atoms with E-state index in [-0.39, 0.29) is 11.9 Å². The van der Waals surface area contributed by atoms with Crippen molar-refractivity contribution in [3.05, 3.63) is 0 Å². The topological polar surface area (TPSA) is 95.1 Å². The van der Waals surface area contributed by atoms with E-state index in [1.807, 2.05) is 0 Å². The zero-order valence-corrected chi connectivity index (χ0v) is 18.7. The first-order valence-electron chi connectivity index (χ1n) is 11.3. The maximum Gasteiger partial charge on any atom is 0.213 e. The standard InChI is InChI=1S/C20H39N5O3S/c1-21-20(24-18-9-11-25(16-18)15-17-6-2-3-7-17)22-10-13-29(26,27)23-14-19-8-4-5-12-28-19/h17-19,23H,2-16H2,1H3,(H2,21,22,24). The molecule has 0 spiro atoms. The van der Waals surface area contributed by atoms with Crippen molar-refractivity contribution in [1.29, 1.82) is 0 Å². The number of hydrogen-bond acceptors (Lipinski definition) is 5. The summed E-state index contributed by atoms with van der Waals surface area (Å²) in [6.07, 6.45) is 9.76. The van der Waals surface area contributed by atoms with E-state index in [4.69, 9.17) is 4.74 Å². The van der Waals surface area contributed by atoms with Crippen LogP contribution in [0.2, 0.25) is 0 Å². The van der Waals surface area contributed by atoms with E-state index < -0.39 is 10.0 Å². The van der Waals surface area contributed by atoms with Crippen LogP contribution in [0.4, 0.5) is 0 Å². The van der Waals surface area contributed by atoms with Crippen molar-refractivity contribution in [2.75, 3.05) is 52.1 Å². The quantitative estimate of drug-likeness (QED) is 0.372. The lowest BCUT2D eigenvalue weighted by Crippen LogP contribution is -2.46. The maximum atomic E-state index is 12.2. The van der Waals surface area contributed by atoms with Gasteiger partial charge in [0.05, 0.1) is 11.9 Å². The van der Waals surface area contributed by atoms with Crippen LogP contribution in [0.3, 0.4) is 0 Å². The van der Waals surface area contributed by atoms with Crippen molar-refractivity contribution in [1.82, 2.24) is 20.3 Å². The molecule has 0 radical (unpaired) electrons. The summed E-state index contributed by atoms with van der Waals surface area (Å²) in [5.41, 5.74) is 0. The minimum atomic E-state index is -3.32. The Bertz CT molecular complexity index is 616. The summed E-state index contributed by atoms with van der Waals surface area (Å²) in [5.74, 6) is 1.59. The van der Waals surface area contributed by atoms with Crippen LogP contribution >= 0.6 is 0 Å². The van der Waals surface area contributed by atoms with Crippen LogP contribution in [-0.4, -0.2) is 83.6 Å². The highest BCUT2D eigenvalue weighted by atomic mass is 32.2. The van der Waals surface area contributed by atoms with E-state index in [9.17, 15) is 8.42 Å². The molecule has 2 heterocycles. The molecule has 0 amide bonds. The Labute approximate surface area is 176 Å². The van der Waals surface area contributed by atoms with Gasteiger partial charge < -0.3 is 20.3 Å². The van der Waals surface area contributed by atoms with Gasteiger partial charge >= 0.3 is 0 Å². The van der Waals surface area contributed by atoms with Gasteiger partial charge in [-0.1, -0.05) is 12.8 Å². The second-order valence-electron chi connectivity index (χ2n) is 8.69. The summed E-state index contributed by atoms with van der Waals surface area (Å²) >= 11 is 0. The van der Waals surface area contributed by atoms with Crippen molar-refractivity contribution in [3.63, 3.8) is 0 Å². The van der Waals surface area contributed by atoms with Crippen molar-refractivity contribution < 1.29 is 13.2 Å². The Morgan fingerprint density at radius 1 is 1.14 bits per heavy atom. The van der Waals surface area contributed by atoms with E-state index in [1.165, 1.54) is 32.2 Å². The molecule has 1 aliphatic carbocycles. The molecule has 9 heteroatoms. The van der Waals surface area contributed by atoms with Crippen LogP contribution in [0.15, 0.2) is 4.99 Å². The number of nitrogens with one attached hydrogen (secondary N) is 3. The molecule has 2 saturated heterocycles. The zero-order chi connectivity index (χ0) is 20.5. The van der Waals surface area contributed by atoms with Crippen molar-refractivity contribution in [3.8, 4) is 0 Å². The fourth-order valence-electron chi connectivity index (χ4n) is 4.63. The van der Waals surface area contributed by atoms with Gasteiger partial charge in [-0.2, -0.15) is 0 Å². The molecule has 168 valence electrons. The van der Waals surface area contributed by atoms with E-state index in [0.29, 0.717) is 25.1 Å². The average molecular weight is 430 g/mol. The first-order valence-corrected chi connectivity index (χ1v) is 13.0. The molecule has 0 aromatic heterocycles. The molecule has 0 aromatic carbocycles. The summed E-state index contributed by atoms with van der Waals surface area (Å²) in [4.78, 5) is 6.82. The normalized spacial score (nSPS) is 27.4. The van der Waals surface area contributed by atoms with Gasteiger partial charge in [-0.15, -0.1) is 0 Å². The molecule has 3 rings (SSSR count). The molecule has 3 aliphatic rings. The molecule has 0 aromatic rings. The number of rotatable bonds is 9. The Hall–Kier alpha value is -0.900. The monoisotopic (exact) mass is 429 g/mol. The number of sulfonamides is 1. The second-order valence-corrected chi connectivity index (χ2v) is 10.6. The highest BCUT2D eigenvalue weighted by Crippen LogP contribution is 2.26. The van der Waals surface area contributed by atoms with Gasteiger partial charge in [0.2, 0.25) is 10.0 Å². The van der Waals surface area contributed by atoms with E-state index >= 15 is 0 Å². The number of likely N-dealkylation sites (tertiary alicyclic amines) is 1. The number of nitrogens with zero attached hydrogens (tertiary/aromatic N) is 2. The molecular formula is C20H39N5O3S. The van der Waals surface area contributed by atoms with Gasteiger partial charge in [0, 0.05) is 52.4 Å². The Kier molecular flexibility index (Phi) is 9.02. The summed E-state index contributed by atoms with van der Waals surface area (Å²) in [5, 5.41) is 6.60. The van der Waals surface area contributed by atoms with Crippen LogP contribution in [0.25, 0.3) is 0 Å². The third-order valence-corrected chi connectivity index (χ3v) is 7.64. The first-order chi connectivity index (χ1) is 14.0. The molecule has 1 saturated carbocycles. The summed E-state index contributed by atoms with van der Waals surface area (Å²) in [6.45, 7) is 4.83. The van der Waals surface area contributed by atoms with Gasteiger partial charge in [0.15, 0.2) is 5.96 Å². The van der Waals surface area contributed by atoms with Crippen LogP contribution in [0.1, 0.15) is 51.4 Å². The summed E-state index contributed by atoms with van der Waals surface area (Å²) in [6, 6.07) is 0.376. The van der Waals surface area contributed by atoms with E-state index in [1.54, 1.807) is 7.05 Å². The number of aliphatic imine (C=N–C) groups is 1. The minimum absolute atomic E-state index is 0.00969. The first kappa shape index (κ1) is 22.8. The predicted molar refractivity (Wildman–Crippen MR) is 117 cm³/mol. The lowest BCUT2D eigenvalue weighted by atomic mass is 10.1. The fraction of sp³-hybridized carbons (Fsp3) is 0.950. The molecule has 2 unspecified atom stereocenters. The molecular weight excluding hydrogens is 390 g/mol. The molecule has 2 aliphatic heterocycles. The minimum Gasteiger partial charge on any atom is -0.377 e. The van der Waals surface area contributed by atoms with Gasteiger partial charge in [0.1, 0.15) is 0 Å². The predicted octanol–water partition coefficient (Wildman–Crippen LogP) is 0.904. The third kappa shape index (κ3) is 8.03. The molecule has 8 nitrogen and oxygen atoms in total. The zero-order valence-electron chi connectivity index (χ0n) is 17.9. The molecule has 3 fully saturated rings. The van der Waals surface area contributed by atoms with Gasteiger partial charge in [-0.05, 0) is 44.4 Å². The Balaban J connectivity index is 1.31. The lowest BCUT2D eigenvalue weighted by molar-refractivity contribution is 0.0200. The number of guanidine groups is 1. The van der Waals surface area contributed by atoms with E-state index in [0.717, 1.165) is 51.3 Å². The average Bonchev–Trinajstić information content (AvgIpc) is 3.39. The van der Waals surface area contributed by atoms with Crippen molar-refractivity contribution in [2.24, 2.45) is 10.9 Å². The maximum absolute atomic E-state index is 12.2. The van der Waals surface area contributed by atoms with Gasteiger partial charge in [-0.25, -0.2) is 13.1 Å². The van der Waals surface area contributed by atoms with Crippen molar-refractivity contribution in [2.45, 2.75) is 63.5 Å². The van der Waals surface area contributed by atoms with E-state index in [2.05, 4.69) is 25.2 Å². The highest BCUT2D eigenvalue weighted by molar-refractivity contribution is 7.89. The van der Waals surface area contributed by atoms with Gasteiger partial charge in [-0.3, -0.25) is 4.99 Å². The number of ether oxygens (including phenoxy) is 1. The SMILES string of the molecule is CN=C(NCCS(=O)(=O)NCC1CCCCO1)NC1CCN(CC2CCCC2)C1. The highest BCUT2D eigenvalue weighted by Gasteiger charge is 2.26. The van der Waals surface area contributed by atoms with Gasteiger partial charge in [0.25, 0.3) is 0 Å². The second kappa shape index (κ2) is 11.5. The molecule has 2 atom stereocenters. The van der Waals surface area contributed by atoms with Crippen LogP contribution in [0.5, 0.6) is 0 Å². The van der Waals surface area contributed by atoms with Crippen LogP contribution in [-0.2, 0) is 14.8 Å². The van der Waals surface area contributed by atoms with Crippen molar-refractivity contribution >= 4 is 16.0 Å². The fourth-order valence-corrected chi connectivity index (χ4v) is 5.58. The Morgan fingerprint density at radius 2 is 1.93 bits per heavy atom. The largest absolute Gasteiger partial charge is 0.377 e. The van der Waals surface area contributed by atoms with Crippen LogP contribution in [0, 0.1) is 5.92 Å². The Morgan fingerprint density at radius 3 is 2.66 bits per heavy atom. The molecule has 3 N–H and O–H groups in total. The molecule has 0 bridgehead atoms. The third-order valence-electron chi connectivity index (χ3n) is 6.30. The summed E-state index contributed by atoms with van der Waals surface area (Å²) < 4.78 is 32.7. The lowest BCUT2D eigenvalue weighted by Gasteiger charge is -2.23. The number of hydrogen-bond donors (Lipinski definition) is 3.